The molecule has 1 unspecified atom stereocenters. The predicted octanol–water partition coefficient (Wildman–Crippen LogP) is 4.70. The van der Waals surface area contributed by atoms with Crippen LogP contribution in [0.4, 0.5) is 4.39 Å². The van der Waals surface area contributed by atoms with E-state index >= 15 is 0 Å². The van der Waals surface area contributed by atoms with Crippen LogP contribution in [0.15, 0.2) is 69.9 Å². The Morgan fingerprint density at radius 2 is 1.57 bits per heavy atom. The number of carbonyl (C=O) groups excluding carboxylic acids is 1. The Labute approximate surface area is 200 Å². The standard InChI is InChI=1S/C27H22FNO6/c1-32-20-12-16(13-21(33-2)25(20)34-3)23-22-24(30)18-6-4-5-7-19(18)35-26(22)27(31)29(23)14-15-8-10-17(28)11-9-15/h4-13,23H,14H2,1-3H3. The van der Waals surface area contributed by atoms with Gasteiger partial charge in [-0.15, -0.1) is 0 Å². The number of halogens is 1. The van der Waals surface area contributed by atoms with Crippen molar-refractivity contribution in [1.82, 2.24) is 4.90 Å². The second kappa shape index (κ2) is 8.79. The number of rotatable bonds is 6. The van der Waals surface area contributed by atoms with Crippen LogP contribution in [0.3, 0.4) is 0 Å². The number of hydrogen-bond acceptors (Lipinski definition) is 6. The van der Waals surface area contributed by atoms with E-state index < -0.39 is 11.9 Å². The number of para-hydroxylation sites is 1. The van der Waals surface area contributed by atoms with Gasteiger partial charge in [0.15, 0.2) is 16.9 Å². The summed E-state index contributed by atoms with van der Waals surface area (Å²) < 4.78 is 35.9. The molecule has 1 aromatic heterocycles. The van der Waals surface area contributed by atoms with E-state index in [0.717, 1.165) is 0 Å². The summed E-state index contributed by atoms with van der Waals surface area (Å²) in [6, 6.07) is 15.3. The Hall–Kier alpha value is -4.33. The number of ether oxygens (including phenoxy) is 3. The average molecular weight is 475 g/mol. The van der Waals surface area contributed by atoms with Crippen molar-refractivity contribution in [3.63, 3.8) is 0 Å². The van der Waals surface area contributed by atoms with Gasteiger partial charge in [-0.05, 0) is 47.5 Å². The summed E-state index contributed by atoms with van der Waals surface area (Å²) in [6.45, 7) is 0.125. The van der Waals surface area contributed by atoms with Crippen molar-refractivity contribution < 1.29 is 27.8 Å². The Morgan fingerprint density at radius 1 is 0.914 bits per heavy atom. The number of benzene rings is 3. The molecule has 7 nitrogen and oxygen atoms in total. The summed E-state index contributed by atoms with van der Waals surface area (Å²) in [6.07, 6.45) is 0. The van der Waals surface area contributed by atoms with E-state index in [0.29, 0.717) is 39.3 Å². The summed E-state index contributed by atoms with van der Waals surface area (Å²) in [5, 5.41) is 0.375. The molecule has 4 aromatic rings. The molecule has 3 aromatic carbocycles. The first kappa shape index (κ1) is 22.5. The smallest absolute Gasteiger partial charge is 0.291 e. The van der Waals surface area contributed by atoms with Gasteiger partial charge in [-0.1, -0.05) is 24.3 Å². The summed E-state index contributed by atoms with van der Waals surface area (Å²) in [7, 11) is 4.48. The molecule has 1 aliphatic heterocycles. The fourth-order valence-corrected chi connectivity index (χ4v) is 4.52. The molecule has 0 fully saturated rings. The third kappa shape index (κ3) is 3.67. The molecule has 5 rings (SSSR count). The first-order valence-corrected chi connectivity index (χ1v) is 10.9. The molecule has 0 radical (unpaired) electrons. The lowest BCUT2D eigenvalue weighted by molar-refractivity contribution is 0.0714. The van der Waals surface area contributed by atoms with E-state index in [1.807, 2.05) is 0 Å². The SMILES string of the molecule is COc1cc(C2c3c(oc4ccccc4c3=O)C(=O)N2Cc2ccc(F)cc2)cc(OC)c1OC. The maximum Gasteiger partial charge on any atom is 0.291 e. The van der Waals surface area contributed by atoms with Gasteiger partial charge in [0.05, 0.1) is 38.3 Å². The van der Waals surface area contributed by atoms with Gasteiger partial charge in [0.25, 0.3) is 5.91 Å². The lowest BCUT2D eigenvalue weighted by Gasteiger charge is -2.26. The first-order chi connectivity index (χ1) is 17.0. The molecule has 0 saturated carbocycles. The van der Waals surface area contributed by atoms with Crippen LogP contribution in [0.25, 0.3) is 11.0 Å². The van der Waals surface area contributed by atoms with Gasteiger partial charge in [0.1, 0.15) is 11.4 Å². The van der Waals surface area contributed by atoms with Gasteiger partial charge in [-0.3, -0.25) is 9.59 Å². The number of amides is 1. The molecular formula is C27H22FNO6. The first-order valence-electron chi connectivity index (χ1n) is 10.9. The second-order valence-corrected chi connectivity index (χ2v) is 8.09. The molecule has 0 aliphatic carbocycles. The normalized spacial score (nSPS) is 14.8. The maximum absolute atomic E-state index is 13.6. The number of nitrogens with zero attached hydrogens (tertiary/aromatic N) is 1. The van der Waals surface area contributed by atoms with Crippen molar-refractivity contribution in [3.05, 3.63) is 99.2 Å². The number of carbonyl (C=O) groups is 1. The van der Waals surface area contributed by atoms with Crippen molar-refractivity contribution in [1.29, 1.82) is 0 Å². The molecule has 2 heterocycles. The van der Waals surface area contributed by atoms with Gasteiger partial charge in [0, 0.05) is 6.54 Å². The highest BCUT2D eigenvalue weighted by Gasteiger charge is 2.43. The van der Waals surface area contributed by atoms with E-state index in [1.54, 1.807) is 48.5 Å². The molecular weight excluding hydrogens is 453 g/mol. The zero-order valence-electron chi connectivity index (χ0n) is 19.3. The summed E-state index contributed by atoms with van der Waals surface area (Å²) >= 11 is 0. The van der Waals surface area contributed by atoms with E-state index in [2.05, 4.69) is 0 Å². The minimum absolute atomic E-state index is 0.0189. The molecule has 1 atom stereocenters. The topological polar surface area (TPSA) is 78.2 Å². The summed E-state index contributed by atoms with van der Waals surface area (Å²) in [4.78, 5) is 28.8. The van der Waals surface area contributed by atoms with Gasteiger partial charge >= 0.3 is 0 Å². The monoisotopic (exact) mass is 475 g/mol. The zero-order valence-corrected chi connectivity index (χ0v) is 19.3. The van der Waals surface area contributed by atoms with E-state index in [-0.39, 0.29) is 29.1 Å². The van der Waals surface area contributed by atoms with Gasteiger partial charge in [-0.2, -0.15) is 0 Å². The van der Waals surface area contributed by atoms with Gasteiger partial charge in [-0.25, -0.2) is 4.39 Å². The van der Waals surface area contributed by atoms with Crippen LogP contribution in [0, 0.1) is 5.82 Å². The van der Waals surface area contributed by atoms with Crippen molar-refractivity contribution in [2.45, 2.75) is 12.6 Å². The molecule has 1 aliphatic rings. The summed E-state index contributed by atoms with van der Waals surface area (Å²) in [5.74, 6) is 0.317. The second-order valence-electron chi connectivity index (χ2n) is 8.09. The average Bonchev–Trinajstić information content (AvgIpc) is 3.16. The van der Waals surface area contributed by atoms with Crippen molar-refractivity contribution in [3.8, 4) is 17.2 Å². The van der Waals surface area contributed by atoms with Crippen molar-refractivity contribution in [2.24, 2.45) is 0 Å². The van der Waals surface area contributed by atoms with E-state index in [9.17, 15) is 14.0 Å². The zero-order chi connectivity index (χ0) is 24.7. The number of hydrogen-bond donors (Lipinski definition) is 0. The van der Waals surface area contributed by atoms with E-state index in [1.165, 1.54) is 38.4 Å². The van der Waals surface area contributed by atoms with Crippen LogP contribution in [0.1, 0.15) is 33.3 Å². The van der Waals surface area contributed by atoms with Crippen LogP contribution in [0.2, 0.25) is 0 Å². The molecule has 178 valence electrons. The molecule has 0 saturated heterocycles. The molecule has 0 spiro atoms. The Morgan fingerprint density at radius 3 is 2.20 bits per heavy atom. The number of fused-ring (bicyclic) bond motifs is 2. The van der Waals surface area contributed by atoms with E-state index in [4.69, 9.17) is 18.6 Å². The number of methoxy groups -OCH3 is 3. The van der Waals surface area contributed by atoms with Crippen LogP contribution in [-0.2, 0) is 6.54 Å². The largest absolute Gasteiger partial charge is 0.493 e. The molecule has 0 N–H and O–H groups in total. The lowest BCUT2D eigenvalue weighted by atomic mass is 9.97. The van der Waals surface area contributed by atoms with Crippen LogP contribution >= 0.6 is 0 Å². The van der Waals surface area contributed by atoms with Gasteiger partial charge < -0.3 is 23.5 Å². The predicted molar refractivity (Wildman–Crippen MR) is 127 cm³/mol. The fraction of sp³-hybridized carbons (Fsp3) is 0.185. The molecule has 0 bridgehead atoms. The van der Waals surface area contributed by atoms with Crippen LogP contribution < -0.4 is 19.6 Å². The maximum atomic E-state index is 13.6. The quantitative estimate of drug-likeness (QED) is 0.402. The highest BCUT2D eigenvalue weighted by Crippen LogP contribution is 2.45. The Bertz CT molecular complexity index is 1470. The highest BCUT2D eigenvalue weighted by atomic mass is 19.1. The third-order valence-electron chi connectivity index (χ3n) is 6.14. The minimum Gasteiger partial charge on any atom is -0.493 e. The lowest BCUT2D eigenvalue weighted by Crippen LogP contribution is -2.29. The fourth-order valence-electron chi connectivity index (χ4n) is 4.52. The van der Waals surface area contributed by atoms with Crippen LogP contribution in [0.5, 0.6) is 17.2 Å². The van der Waals surface area contributed by atoms with Crippen molar-refractivity contribution in [2.75, 3.05) is 21.3 Å². The Balaban J connectivity index is 1.75. The third-order valence-corrected chi connectivity index (χ3v) is 6.14. The van der Waals surface area contributed by atoms with Gasteiger partial charge in [0.2, 0.25) is 11.5 Å². The Kier molecular flexibility index (Phi) is 5.64. The highest BCUT2D eigenvalue weighted by molar-refractivity contribution is 5.99. The molecule has 1 amide bonds. The minimum atomic E-state index is -0.794. The van der Waals surface area contributed by atoms with Crippen molar-refractivity contribution >= 4 is 16.9 Å². The molecule has 35 heavy (non-hydrogen) atoms. The summed E-state index contributed by atoms with van der Waals surface area (Å²) in [5.41, 5.74) is 1.54. The molecule has 8 heteroatoms. The van der Waals surface area contributed by atoms with Crippen LogP contribution in [-0.4, -0.2) is 32.1 Å².